The van der Waals surface area contributed by atoms with Crippen molar-refractivity contribution < 1.29 is 26.3 Å². The summed E-state index contributed by atoms with van der Waals surface area (Å²) in [7, 11) is -3.91. The van der Waals surface area contributed by atoms with Crippen LogP contribution in [0.2, 0.25) is 0 Å². The first-order chi connectivity index (χ1) is 11.7. The number of allylic oxidation sites excluding steroid dienone is 3. The van der Waals surface area contributed by atoms with E-state index in [9.17, 15) is 21.6 Å². The van der Waals surface area contributed by atoms with Crippen LogP contribution in [0, 0.1) is 0 Å². The van der Waals surface area contributed by atoms with Gasteiger partial charge in [-0.1, -0.05) is 42.5 Å². The number of alkyl halides is 3. The van der Waals surface area contributed by atoms with Gasteiger partial charge in [-0.05, 0) is 34.9 Å². The maximum atomic E-state index is 12.1. The minimum absolute atomic E-state index is 0.584. The summed E-state index contributed by atoms with van der Waals surface area (Å²) in [4.78, 5) is 0. The zero-order valence-corrected chi connectivity index (χ0v) is 13.9. The van der Waals surface area contributed by atoms with Crippen molar-refractivity contribution in [2.45, 2.75) is 5.51 Å². The zero-order chi connectivity index (χ0) is 18.5. The van der Waals surface area contributed by atoms with Crippen molar-refractivity contribution in [2.24, 2.45) is 4.40 Å². The van der Waals surface area contributed by atoms with Crippen molar-refractivity contribution in [3.63, 3.8) is 0 Å². The Morgan fingerprint density at radius 2 is 1.68 bits per heavy atom. The monoisotopic (exact) mass is 369 g/mol. The van der Waals surface area contributed by atoms with Crippen molar-refractivity contribution >= 4 is 22.3 Å². The summed E-state index contributed by atoms with van der Waals surface area (Å²) >= 11 is 0. The standard InChI is InChI=1S/C17H14F3NO3S/c1-24-15-9-8-14-7-6-13(16(14)11-10-15)5-3-2-4-12-21-25(22,23)17(18,19)20/h2-12H,1H3/b4-2+,5-3+,21-12+. The van der Waals surface area contributed by atoms with Gasteiger partial charge in [0.05, 0.1) is 7.11 Å². The van der Waals surface area contributed by atoms with Crippen LogP contribution in [-0.2, 0) is 10.0 Å². The van der Waals surface area contributed by atoms with Crippen LogP contribution in [0.15, 0.2) is 59.0 Å². The lowest BCUT2D eigenvalue weighted by molar-refractivity contribution is -0.0435. The van der Waals surface area contributed by atoms with Crippen molar-refractivity contribution in [3.8, 4) is 16.9 Å². The Bertz CT molecular complexity index is 900. The predicted molar refractivity (Wildman–Crippen MR) is 91.3 cm³/mol. The van der Waals surface area contributed by atoms with E-state index in [1.165, 1.54) is 6.08 Å². The molecule has 0 bridgehead atoms. The van der Waals surface area contributed by atoms with Gasteiger partial charge in [-0.2, -0.15) is 26.0 Å². The van der Waals surface area contributed by atoms with Crippen molar-refractivity contribution in [1.82, 2.24) is 0 Å². The number of halogens is 3. The quantitative estimate of drug-likeness (QED) is 0.584. The maximum Gasteiger partial charge on any atom is 0.518 e. The topological polar surface area (TPSA) is 55.7 Å². The van der Waals surface area contributed by atoms with Crippen molar-refractivity contribution in [3.05, 3.63) is 60.2 Å². The number of hydrogen-bond acceptors (Lipinski definition) is 3. The summed E-state index contributed by atoms with van der Waals surface area (Å²) < 4.78 is 65.4. The van der Waals surface area contributed by atoms with Gasteiger partial charge < -0.3 is 4.74 Å². The summed E-state index contributed by atoms with van der Waals surface area (Å²) in [6.45, 7) is 0. The molecule has 0 spiro atoms. The van der Waals surface area contributed by atoms with Crippen LogP contribution >= 0.6 is 0 Å². The van der Waals surface area contributed by atoms with Gasteiger partial charge in [-0.15, -0.1) is 0 Å². The number of hydrogen-bond donors (Lipinski definition) is 0. The molecule has 8 heteroatoms. The molecule has 0 aromatic heterocycles. The van der Waals surface area contributed by atoms with Gasteiger partial charge in [0, 0.05) is 6.21 Å². The lowest BCUT2D eigenvalue weighted by Crippen LogP contribution is -2.20. The number of methoxy groups -OCH3 is 1. The van der Waals surface area contributed by atoms with E-state index in [0.29, 0.717) is 12.0 Å². The fourth-order valence-corrected chi connectivity index (χ4v) is 2.34. The second kappa shape index (κ2) is 7.52. The van der Waals surface area contributed by atoms with E-state index in [0.717, 1.165) is 22.8 Å². The molecule has 0 atom stereocenters. The molecule has 0 aromatic rings. The minimum atomic E-state index is -5.49. The highest BCUT2D eigenvalue weighted by molar-refractivity contribution is 7.91. The molecule has 2 aliphatic rings. The van der Waals surface area contributed by atoms with Crippen LogP contribution < -0.4 is 4.74 Å². The minimum Gasteiger partial charge on any atom is -0.497 e. The normalized spacial score (nSPS) is 13.4. The maximum absolute atomic E-state index is 12.1. The first kappa shape index (κ1) is 18.7. The van der Waals surface area contributed by atoms with Crippen LogP contribution in [0.5, 0.6) is 5.75 Å². The highest BCUT2D eigenvalue weighted by atomic mass is 32.2. The number of ether oxygens (including phenoxy) is 1. The van der Waals surface area contributed by atoms with E-state index in [-0.39, 0.29) is 0 Å². The average Bonchev–Trinajstić information content (AvgIpc) is 2.80. The van der Waals surface area contributed by atoms with Crippen LogP contribution in [-0.4, -0.2) is 27.3 Å². The summed E-state index contributed by atoms with van der Waals surface area (Å²) in [5, 5.41) is 0. The number of fused-ring (bicyclic) bond motifs is 1. The summed E-state index contributed by atoms with van der Waals surface area (Å²) in [6.07, 6.45) is 6.40. The average molecular weight is 369 g/mol. The number of sulfonamides is 1. The lowest BCUT2D eigenvalue weighted by atomic mass is 10.1. The Morgan fingerprint density at radius 1 is 1.00 bits per heavy atom. The molecule has 4 nitrogen and oxygen atoms in total. The third-order valence-electron chi connectivity index (χ3n) is 3.22. The Hall–Kier alpha value is -2.61. The molecule has 0 aliphatic heterocycles. The molecule has 0 saturated carbocycles. The van der Waals surface area contributed by atoms with E-state index < -0.39 is 15.5 Å². The largest absolute Gasteiger partial charge is 0.518 e. The molecular formula is C17H14F3NO3S. The van der Waals surface area contributed by atoms with Crippen molar-refractivity contribution in [2.75, 3.05) is 7.11 Å². The summed E-state index contributed by atoms with van der Waals surface area (Å²) in [5.41, 5.74) is -2.51. The Kier molecular flexibility index (Phi) is 5.63. The number of nitrogens with zero attached hydrogens (tertiary/aromatic N) is 1. The van der Waals surface area contributed by atoms with Gasteiger partial charge in [0.15, 0.2) is 0 Å². The molecule has 2 aliphatic carbocycles. The third kappa shape index (κ3) is 4.69. The van der Waals surface area contributed by atoms with Crippen LogP contribution in [0.3, 0.4) is 0 Å². The van der Waals surface area contributed by atoms with Gasteiger partial charge in [0.2, 0.25) is 0 Å². The fourth-order valence-electron chi connectivity index (χ4n) is 1.99. The highest BCUT2D eigenvalue weighted by Gasteiger charge is 2.45. The second-order valence-corrected chi connectivity index (χ2v) is 6.47. The summed E-state index contributed by atoms with van der Waals surface area (Å²) in [5.74, 6) is 0.716. The second-order valence-electron chi connectivity index (χ2n) is 4.85. The van der Waals surface area contributed by atoms with Crippen molar-refractivity contribution in [1.29, 1.82) is 0 Å². The third-order valence-corrected chi connectivity index (χ3v) is 4.20. The van der Waals surface area contributed by atoms with Crippen LogP contribution in [0.1, 0.15) is 5.56 Å². The molecule has 0 aromatic carbocycles. The van der Waals surface area contributed by atoms with Gasteiger partial charge in [0.25, 0.3) is 0 Å². The Labute approximate surface area is 143 Å². The predicted octanol–water partition coefficient (Wildman–Crippen LogP) is 4.29. The van der Waals surface area contributed by atoms with E-state index in [4.69, 9.17) is 4.74 Å². The van der Waals surface area contributed by atoms with E-state index in [1.54, 1.807) is 19.3 Å². The summed E-state index contributed by atoms with van der Waals surface area (Å²) in [6, 6.07) is 11.3. The molecule has 132 valence electrons. The molecule has 0 N–H and O–H groups in total. The van der Waals surface area contributed by atoms with E-state index in [2.05, 4.69) is 4.40 Å². The van der Waals surface area contributed by atoms with Gasteiger partial charge in [-0.3, -0.25) is 0 Å². The zero-order valence-electron chi connectivity index (χ0n) is 13.1. The smallest absolute Gasteiger partial charge is 0.497 e. The highest BCUT2D eigenvalue weighted by Crippen LogP contribution is 2.29. The molecule has 0 unspecified atom stereocenters. The van der Waals surface area contributed by atoms with Crippen LogP contribution in [0.4, 0.5) is 13.2 Å². The SMILES string of the molecule is COc1ccc2ccc(/C=C/C=C/C=N/S(=O)(=O)C(F)(F)F)c-2cc1. The molecule has 0 heterocycles. The Balaban J connectivity index is 2.10. The van der Waals surface area contributed by atoms with E-state index >= 15 is 0 Å². The Morgan fingerprint density at radius 3 is 2.36 bits per heavy atom. The van der Waals surface area contributed by atoms with E-state index in [1.807, 2.05) is 36.4 Å². The fraction of sp³-hybridized carbons (Fsp3) is 0.118. The number of rotatable bonds is 5. The lowest BCUT2D eigenvalue weighted by Gasteiger charge is -2.00. The molecule has 25 heavy (non-hydrogen) atoms. The molecule has 0 fully saturated rings. The first-order valence-corrected chi connectivity index (χ1v) is 8.45. The van der Waals surface area contributed by atoms with Gasteiger partial charge >= 0.3 is 15.5 Å². The van der Waals surface area contributed by atoms with Gasteiger partial charge in [-0.25, -0.2) is 0 Å². The molecule has 2 rings (SSSR count). The van der Waals surface area contributed by atoms with Crippen LogP contribution in [0.25, 0.3) is 17.2 Å². The molecule has 0 saturated heterocycles. The van der Waals surface area contributed by atoms with Gasteiger partial charge in [0.1, 0.15) is 5.75 Å². The molecular weight excluding hydrogens is 355 g/mol. The molecule has 0 radical (unpaired) electrons. The molecule has 0 amide bonds. The first-order valence-electron chi connectivity index (χ1n) is 7.01.